The third-order valence-corrected chi connectivity index (χ3v) is 0.892. The number of ether oxygens (including phenoxy) is 1. The van der Waals surface area contributed by atoms with Crippen molar-refractivity contribution in [3.63, 3.8) is 0 Å². The van der Waals surface area contributed by atoms with Crippen LogP contribution in [0.15, 0.2) is 24.8 Å². The van der Waals surface area contributed by atoms with Crippen molar-refractivity contribution in [3.8, 4) is 0 Å². The Morgan fingerprint density at radius 1 is 1.73 bits per heavy atom. The van der Waals surface area contributed by atoms with Gasteiger partial charge in [0.2, 0.25) is 0 Å². The van der Waals surface area contributed by atoms with E-state index in [-0.39, 0.29) is 5.71 Å². The van der Waals surface area contributed by atoms with Crippen LogP contribution in [0, 0.1) is 0 Å². The van der Waals surface area contributed by atoms with Gasteiger partial charge in [0.25, 0.3) is 0 Å². The lowest BCUT2D eigenvalue weighted by atomic mass is 10.3. The molecule has 0 heterocycles. The monoisotopic (exact) mass is 152 g/mol. The number of allylic oxidation sites excluding steroid dienone is 2. The van der Waals surface area contributed by atoms with Gasteiger partial charge in [-0.25, -0.2) is 4.79 Å². The molecule has 0 fully saturated rings. The summed E-state index contributed by atoms with van der Waals surface area (Å²) >= 11 is 0. The van der Waals surface area contributed by atoms with Gasteiger partial charge in [0.15, 0.2) is 0 Å². The van der Waals surface area contributed by atoms with E-state index in [2.05, 4.69) is 16.1 Å². The number of esters is 1. The molecule has 0 bridgehead atoms. The van der Waals surface area contributed by atoms with E-state index >= 15 is 0 Å². The minimum Gasteiger partial charge on any atom is -0.460 e. The first-order valence-electron chi connectivity index (χ1n) is 2.85. The lowest BCUT2D eigenvalue weighted by molar-refractivity contribution is -0.137. The molecule has 0 atom stereocenters. The Bertz CT molecular complexity index is 237. The number of methoxy groups -OCH3 is 1. The molecule has 0 aromatic carbocycles. The standard InChI is InChI=1S/C7H8N2O2/c1-3-4-5-6(9-8)7(10)11-2/h3-5H,1H2,2H3/b5-4+. The van der Waals surface area contributed by atoms with Gasteiger partial charge in [-0.2, -0.15) is 4.79 Å². The first-order valence-corrected chi connectivity index (χ1v) is 2.85. The normalized spacial score (nSPS) is 8.82. The van der Waals surface area contributed by atoms with Gasteiger partial charge in [-0.15, -0.1) is 0 Å². The second-order valence-electron chi connectivity index (χ2n) is 1.57. The molecule has 0 N–H and O–H groups in total. The smallest absolute Gasteiger partial charge is 0.421 e. The molecule has 0 unspecified atom stereocenters. The highest BCUT2D eigenvalue weighted by molar-refractivity contribution is 6.38. The molecule has 0 amide bonds. The van der Waals surface area contributed by atoms with Crippen LogP contribution in [0.25, 0.3) is 5.53 Å². The quantitative estimate of drug-likeness (QED) is 0.195. The molecule has 0 aromatic heterocycles. The topological polar surface area (TPSA) is 62.7 Å². The predicted molar refractivity (Wildman–Crippen MR) is 40.0 cm³/mol. The summed E-state index contributed by atoms with van der Waals surface area (Å²) in [5.41, 5.74) is 8.10. The molecular weight excluding hydrogens is 144 g/mol. The fourth-order valence-corrected chi connectivity index (χ4v) is 0.406. The van der Waals surface area contributed by atoms with Gasteiger partial charge >= 0.3 is 11.7 Å². The van der Waals surface area contributed by atoms with Crippen molar-refractivity contribution in [1.82, 2.24) is 0 Å². The second kappa shape index (κ2) is 5.14. The van der Waals surface area contributed by atoms with Crippen LogP contribution in [0.1, 0.15) is 0 Å². The van der Waals surface area contributed by atoms with Gasteiger partial charge in [-0.1, -0.05) is 18.7 Å². The van der Waals surface area contributed by atoms with E-state index in [9.17, 15) is 4.79 Å². The van der Waals surface area contributed by atoms with E-state index < -0.39 is 5.97 Å². The molecule has 0 radical (unpaired) electrons. The van der Waals surface area contributed by atoms with E-state index in [1.807, 2.05) is 0 Å². The van der Waals surface area contributed by atoms with Crippen LogP contribution in [-0.4, -0.2) is 23.6 Å². The molecule has 0 aliphatic rings. The summed E-state index contributed by atoms with van der Waals surface area (Å²) in [5, 5.41) is 0. The highest BCUT2D eigenvalue weighted by Crippen LogP contribution is 1.81. The summed E-state index contributed by atoms with van der Waals surface area (Å²) in [7, 11) is 1.20. The maximum absolute atomic E-state index is 10.7. The van der Waals surface area contributed by atoms with Gasteiger partial charge in [-0.3, -0.25) is 0 Å². The SMILES string of the molecule is C=C/C=C/C(=[N+]=[N-])C(=O)OC. The van der Waals surface area contributed by atoms with Gasteiger partial charge in [-0.05, 0) is 0 Å². The zero-order chi connectivity index (χ0) is 8.69. The molecule has 0 aliphatic carbocycles. The minimum absolute atomic E-state index is 0.160. The van der Waals surface area contributed by atoms with Crippen LogP contribution < -0.4 is 0 Å². The Labute approximate surface area is 64.4 Å². The van der Waals surface area contributed by atoms with Crippen molar-refractivity contribution < 1.29 is 14.3 Å². The Hall–Kier alpha value is -1.67. The second-order valence-corrected chi connectivity index (χ2v) is 1.57. The van der Waals surface area contributed by atoms with Gasteiger partial charge < -0.3 is 10.3 Å². The summed E-state index contributed by atoms with van der Waals surface area (Å²) in [6, 6.07) is 0. The van der Waals surface area contributed by atoms with Gasteiger partial charge in [0.05, 0.1) is 7.11 Å². The van der Waals surface area contributed by atoms with Crippen molar-refractivity contribution in [3.05, 3.63) is 30.3 Å². The number of hydrogen-bond donors (Lipinski definition) is 0. The molecular formula is C7H8N2O2. The molecule has 0 aromatic rings. The van der Waals surface area contributed by atoms with Crippen LogP contribution in [0.4, 0.5) is 0 Å². The summed E-state index contributed by atoms with van der Waals surface area (Å²) in [4.78, 5) is 13.4. The molecule has 0 saturated carbocycles. The molecule has 0 saturated heterocycles. The molecule has 4 nitrogen and oxygen atoms in total. The summed E-state index contributed by atoms with van der Waals surface area (Å²) in [6.07, 6.45) is 4.21. The zero-order valence-electron chi connectivity index (χ0n) is 6.15. The average Bonchev–Trinajstić information content (AvgIpc) is 2.05. The summed E-state index contributed by atoms with van der Waals surface area (Å²) < 4.78 is 4.29. The number of nitrogens with zero attached hydrogens (tertiary/aromatic N) is 2. The summed E-state index contributed by atoms with van der Waals surface area (Å²) in [5.74, 6) is -0.689. The van der Waals surface area contributed by atoms with E-state index in [0.717, 1.165) is 0 Å². The number of carbonyl (C=O) groups is 1. The number of carbonyl (C=O) groups excluding carboxylic acids is 1. The molecule has 0 rings (SSSR count). The molecule has 58 valence electrons. The maximum Gasteiger partial charge on any atom is 0.421 e. The van der Waals surface area contributed by atoms with Crippen molar-refractivity contribution >= 4 is 11.7 Å². The molecule has 11 heavy (non-hydrogen) atoms. The van der Waals surface area contributed by atoms with E-state index in [0.29, 0.717) is 0 Å². The largest absolute Gasteiger partial charge is 0.460 e. The molecule has 0 spiro atoms. The highest BCUT2D eigenvalue weighted by atomic mass is 16.5. The maximum atomic E-state index is 10.7. The van der Waals surface area contributed by atoms with Crippen LogP contribution >= 0.6 is 0 Å². The van der Waals surface area contributed by atoms with E-state index in [4.69, 9.17) is 5.53 Å². The lowest BCUT2D eigenvalue weighted by Crippen LogP contribution is -2.13. The third kappa shape index (κ3) is 3.13. The predicted octanol–water partition coefficient (Wildman–Crippen LogP) is 0.572. The first kappa shape index (κ1) is 9.33. The fraction of sp³-hybridized carbons (Fsp3) is 0.143. The summed E-state index contributed by atoms with van der Waals surface area (Å²) in [6.45, 7) is 3.38. The number of rotatable bonds is 3. The van der Waals surface area contributed by atoms with E-state index in [1.54, 1.807) is 0 Å². The Balaban J connectivity index is 4.44. The third-order valence-electron chi connectivity index (χ3n) is 0.892. The van der Waals surface area contributed by atoms with Gasteiger partial charge in [0, 0.05) is 6.08 Å². The van der Waals surface area contributed by atoms with Crippen LogP contribution in [0.2, 0.25) is 0 Å². The zero-order valence-corrected chi connectivity index (χ0v) is 6.15. The van der Waals surface area contributed by atoms with Crippen molar-refractivity contribution in [2.45, 2.75) is 0 Å². The van der Waals surface area contributed by atoms with Crippen molar-refractivity contribution in [2.24, 2.45) is 0 Å². The van der Waals surface area contributed by atoms with Crippen molar-refractivity contribution in [2.75, 3.05) is 7.11 Å². The van der Waals surface area contributed by atoms with Crippen LogP contribution in [0.5, 0.6) is 0 Å². The first-order chi connectivity index (χ1) is 5.26. The highest BCUT2D eigenvalue weighted by Gasteiger charge is 2.15. The van der Waals surface area contributed by atoms with Crippen LogP contribution in [0.3, 0.4) is 0 Å². The average molecular weight is 152 g/mol. The number of hydrogen-bond acceptors (Lipinski definition) is 2. The molecule has 4 heteroatoms. The van der Waals surface area contributed by atoms with Crippen LogP contribution in [-0.2, 0) is 9.53 Å². The minimum atomic E-state index is -0.689. The Morgan fingerprint density at radius 2 is 2.36 bits per heavy atom. The molecule has 0 aliphatic heterocycles. The lowest BCUT2D eigenvalue weighted by Gasteiger charge is -1.86. The Morgan fingerprint density at radius 3 is 2.73 bits per heavy atom. The Kier molecular flexibility index (Phi) is 4.36. The van der Waals surface area contributed by atoms with E-state index in [1.165, 1.54) is 25.3 Å². The fourth-order valence-electron chi connectivity index (χ4n) is 0.406. The van der Waals surface area contributed by atoms with Gasteiger partial charge in [0.1, 0.15) is 0 Å². The van der Waals surface area contributed by atoms with Crippen molar-refractivity contribution in [1.29, 1.82) is 0 Å².